The van der Waals surface area contributed by atoms with Crippen LogP contribution in [-0.2, 0) is 4.79 Å². The molecule has 1 amide bonds. The van der Waals surface area contributed by atoms with E-state index in [1.165, 1.54) is 0 Å². The lowest BCUT2D eigenvalue weighted by atomic mass is 9.80. The van der Waals surface area contributed by atoms with Crippen molar-refractivity contribution in [2.24, 2.45) is 11.1 Å². The van der Waals surface area contributed by atoms with E-state index >= 15 is 0 Å². The molecule has 8 heteroatoms. The number of carbonyl (C=O) groups excluding carboxylic acids is 1. The number of aromatic nitrogens is 3. The molecular weight excluding hydrogens is 464 g/mol. The standard InChI is InChI=1S/C29H34N6O2/c1-29(2,28(30)36)27(23-14-18-35(32-23)22-10-5-4-6-11-22)34-17-8-16-33(19-20-34)26-24(37-3)13-12-21-9-7-15-31-25(21)26/h4-7,9-15,18,27H,8,16-17,19-20H2,1-3H3,(H2,30,36). The first-order valence-electron chi connectivity index (χ1n) is 12.7. The summed E-state index contributed by atoms with van der Waals surface area (Å²) in [7, 11) is 1.70. The number of nitrogens with two attached hydrogens (primary N) is 1. The van der Waals surface area contributed by atoms with Gasteiger partial charge in [0.2, 0.25) is 5.91 Å². The van der Waals surface area contributed by atoms with Crippen molar-refractivity contribution in [3.8, 4) is 11.4 Å². The number of primary amides is 1. The zero-order valence-corrected chi connectivity index (χ0v) is 21.7. The zero-order valence-electron chi connectivity index (χ0n) is 21.7. The molecule has 1 atom stereocenters. The Labute approximate surface area is 217 Å². The van der Waals surface area contributed by atoms with Crippen molar-refractivity contribution < 1.29 is 9.53 Å². The predicted octanol–water partition coefficient (Wildman–Crippen LogP) is 4.19. The minimum atomic E-state index is -0.816. The van der Waals surface area contributed by atoms with Crippen LogP contribution >= 0.6 is 0 Å². The summed E-state index contributed by atoms with van der Waals surface area (Å²) in [6, 6.07) is 19.8. The maximum Gasteiger partial charge on any atom is 0.225 e. The minimum Gasteiger partial charge on any atom is -0.494 e. The van der Waals surface area contributed by atoms with Crippen LogP contribution in [0, 0.1) is 5.41 Å². The highest BCUT2D eigenvalue weighted by atomic mass is 16.5. The Kier molecular flexibility index (Phi) is 6.84. The molecule has 37 heavy (non-hydrogen) atoms. The average molecular weight is 499 g/mol. The van der Waals surface area contributed by atoms with Crippen molar-refractivity contribution in [1.82, 2.24) is 19.7 Å². The molecule has 1 aliphatic rings. The molecule has 192 valence electrons. The molecule has 0 spiro atoms. The summed E-state index contributed by atoms with van der Waals surface area (Å²) in [4.78, 5) is 22.1. The second-order valence-corrected chi connectivity index (χ2v) is 10.1. The lowest BCUT2D eigenvalue weighted by Crippen LogP contribution is -2.47. The van der Waals surface area contributed by atoms with E-state index in [0.717, 1.165) is 66.3 Å². The molecule has 3 heterocycles. The van der Waals surface area contributed by atoms with Crippen molar-refractivity contribution in [3.05, 3.63) is 78.8 Å². The molecule has 8 nitrogen and oxygen atoms in total. The first kappa shape index (κ1) is 24.8. The minimum absolute atomic E-state index is 0.262. The summed E-state index contributed by atoms with van der Waals surface area (Å²) in [5, 5.41) is 5.99. The summed E-state index contributed by atoms with van der Waals surface area (Å²) < 4.78 is 7.61. The SMILES string of the molecule is COc1ccc2cccnc2c1N1CCCN(C(c2ccn(-c3ccccc3)n2)C(C)(C)C(N)=O)CC1. The Hall–Kier alpha value is -3.91. The van der Waals surface area contributed by atoms with E-state index < -0.39 is 5.41 Å². The van der Waals surface area contributed by atoms with Crippen molar-refractivity contribution in [3.63, 3.8) is 0 Å². The Morgan fingerprint density at radius 1 is 1.00 bits per heavy atom. The van der Waals surface area contributed by atoms with Gasteiger partial charge in [-0.15, -0.1) is 0 Å². The fourth-order valence-corrected chi connectivity index (χ4v) is 5.36. The molecule has 1 aliphatic heterocycles. The molecule has 0 saturated carbocycles. The van der Waals surface area contributed by atoms with Gasteiger partial charge in [0, 0.05) is 44.0 Å². The molecule has 1 unspecified atom stereocenters. The fourth-order valence-electron chi connectivity index (χ4n) is 5.36. The second-order valence-electron chi connectivity index (χ2n) is 10.1. The van der Waals surface area contributed by atoms with Crippen LogP contribution in [0.15, 0.2) is 73.1 Å². The van der Waals surface area contributed by atoms with E-state index in [0.29, 0.717) is 0 Å². The maximum absolute atomic E-state index is 12.7. The summed E-state index contributed by atoms with van der Waals surface area (Å²) in [6.07, 6.45) is 4.69. The van der Waals surface area contributed by atoms with Gasteiger partial charge in [0.1, 0.15) is 11.4 Å². The maximum atomic E-state index is 12.7. The first-order chi connectivity index (χ1) is 17.9. The summed E-state index contributed by atoms with van der Waals surface area (Å²) in [5.41, 5.74) is 8.90. The third-order valence-electron chi connectivity index (χ3n) is 7.37. The lowest BCUT2D eigenvalue weighted by Gasteiger charge is -2.39. The Morgan fingerprint density at radius 2 is 1.81 bits per heavy atom. The number of benzene rings is 2. The number of pyridine rings is 1. The number of para-hydroxylation sites is 1. The predicted molar refractivity (Wildman–Crippen MR) is 146 cm³/mol. The first-order valence-corrected chi connectivity index (χ1v) is 12.7. The van der Waals surface area contributed by atoms with Gasteiger partial charge in [0.15, 0.2) is 0 Å². The van der Waals surface area contributed by atoms with Crippen LogP contribution in [0.25, 0.3) is 16.6 Å². The number of hydrogen-bond donors (Lipinski definition) is 1. The molecule has 5 rings (SSSR count). The monoisotopic (exact) mass is 498 g/mol. The van der Waals surface area contributed by atoms with Crippen LogP contribution < -0.4 is 15.4 Å². The molecular formula is C29H34N6O2. The van der Waals surface area contributed by atoms with Gasteiger partial charge in [0.25, 0.3) is 0 Å². The smallest absolute Gasteiger partial charge is 0.225 e. The van der Waals surface area contributed by atoms with E-state index in [-0.39, 0.29) is 11.9 Å². The third-order valence-corrected chi connectivity index (χ3v) is 7.37. The van der Waals surface area contributed by atoms with E-state index in [9.17, 15) is 4.79 Å². The topological polar surface area (TPSA) is 89.5 Å². The number of amides is 1. The van der Waals surface area contributed by atoms with Gasteiger partial charge in [0.05, 0.1) is 35.5 Å². The highest BCUT2D eigenvalue weighted by Gasteiger charge is 2.42. The van der Waals surface area contributed by atoms with Gasteiger partial charge >= 0.3 is 0 Å². The number of anilines is 1. The van der Waals surface area contributed by atoms with Crippen molar-refractivity contribution in [2.45, 2.75) is 26.3 Å². The van der Waals surface area contributed by atoms with Crippen LogP contribution in [0.3, 0.4) is 0 Å². The lowest BCUT2D eigenvalue weighted by molar-refractivity contribution is -0.130. The summed E-state index contributed by atoms with van der Waals surface area (Å²) in [5.74, 6) is 0.475. The molecule has 2 aromatic carbocycles. The third kappa shape index (κ3) is 4.76. The molecule has 2 aromatic heterocycles. The molecule has 0 bridgehead atoms. The average Bonchev–Trinajstić information content (AvgIpc) is 3.27. The zero-order chi connectivity index (χ0) is 26.0. The van der Waals surface area contributed by atoms with Gasteiger partial charge in [-0.1, -0.05) is 24.3 Å². The highest BCUT2D eigenvalue weighted by Crippen LogP contribution is 2.40. The normalized spacial score (nSPS) is 15.9. The van der Waals surface area contributed by atoms with Crippen molar-refractivity contribution in [2.75, 3.05) is 38.2 Å². The number of fused-ring (bicyclic) bond motifs is 1. The number of carbonyl (C=O) groups is 1. The van der Waals surface area contributed by atoms with E-state index in [2.05, 4.69) is 20.9 Å². The fraction of sp³-hybridized carbons (Fsp3) is 0.345. The van der Waals surface area contributed by atoms with Crippen LogP contribution in [0.1, 0.15) is 32.0 Å². The molecule has 2 N–H and O–H groups in total. The van der Waals surface area contributed by atoms with E-state index in [4.69, 9.17) is 15.6 Å². The van der Waals surface area contributed by atoms with Crippen LogP contribution in [0.4, 0.5) is 5.69 Å². The number of hydrogen-bond acceptors (Lipinski definition) is 6. The largest absolute Gasteiger partial charge is 0.494 e. The van der Waals surface area contributed by atoms with Gasteiger partial charge in [-0.05, 0) is 56.7 Å². The Balaban J connectivity index is 1.47. The number of methoxy groups -OCH3 is 1. The van der Waals surface area contributed by atoms with Crippen molar-refractivity contribution >= 4 is 22.5 Å². The molecule has 0 radical (unpaired) electrons. The van der Waals surface area contributed by atoms with Gasteiger partial charge in [-0.2, -0.15) is 5.10 Å². The van der Waals surface area contributed by atoms with Gasteiger partial charge in [-0.25, -0.2) is 4.68 Å². The number of ether oxygens (including phenoxy) is 1. The molecule has 1 saturated heterocycles. The highest BCUT2D eigenvalue weighted by molar-refractivity contribution is 5.94. The van der Waals surface area contributed by atoms with E-state index in [1.54, 1.807) is 7.11 Å². The van der Waals surface area contributed by atoms with Crippen LogP contribution in [0.2, 0.25) is 0 Å². The van der Waals surface area contributed by atoms with Crippen LogP contribution in [-0.4, -0.2) is 58.9 Å². The molecule has 0 aliphatic carbocycles. The Bertz CT molecular complexity index is 1380. The molecule has 1 fully saturated rings. The summed E-state index contributed by atoms with van der Waals surface area (Å²) >= 11 is 0. The van der Waals surface area contributed by atoms with Gasteiger partial charge in [-0.3, -0.25) is 14.7 Å². The summed E-state index contributed by atoms with van der Waals surface area (Å²) in [6.45, 7) is 7.01. The van der Waals surface area contributed by atoms with Crippen molar-refractivity contribution in [1.29, 1.82) is 0 Å². The Morgan fingerprint density at radius 3 is 2.57 bits per heavy atom. The quantitative estimate of drug-likeness (QED) is 0.411. The number of rotatable bonds is 7. The number of nitrogens with zero attached hydrogens (tertiary/aromatic N) is 5. The van der Waals surface area contributed by atoms with E-state index in [1.807, 2.05) is 85.5 Å². The van der Waals surface area contributed by atoms with Crippen LogP contribution in [0.5, 0.6) is 5.75 Å². The van der Waals surface area contributed by atoms with Gasteiger partial charge < -0.3 is 15.4 Å². The second kappa shape index (κ2) is 10.2. The molecule has 4 aromatic rings.